The van der Waals surface area contributed by atoms with Crippen molar-refractivity contribution in [2.24, 2.45) is 7.05 Å². The molecule has 4 aromatic heterocycles. The van der Waals surface area contributed by atoms with Gasteiger partial charge in [-0.15, -0.1) is 0 Å². The molecule has 36 heavy (non-hydrogen) atoms. The predicted octanol–water partition coefficient (Wildman–Crippen LogP) is 4.54. The van der Waals surface area contributed by atoms with Gasteiger partial charge in [0.15, 0.2) is 5.65 Å². The summed E-state index contributed by atoms with van der Waals surface area (Å²) in [4.78, 5) is 21.9. The molecule has 0 bridgehead atoms. The molecule has 0 aliphatic heterocycles. The Bertz CT molecular complexity index is 1680. The Morgan fingerprint density at radius 2 is 1.78 bits per heavy atom. The van der Waals surface area contributed by atoms with Crippen molar-refractivity contribution >= 4 is 27.8 Å². The number of fused-ring (bicyclic) bond motifs is 2. The molecule has 2 N–H and O–H groups in total. The molecule has 4 heterocycles. The van der Waals surface area contributed by atoms with Gasteiger partial charge in [-0.1, -0.05) is 0 Å². The number of aromatic nitrogens is 5. The lowest BCUT2D eigenvalue weighted by molar-refractivity contribution is -0.137. The molecule has 5 rings (SSSR count). The summed E-state index contributed by atoms with van der Waals surface area (Å²) in [6.45, 7) is -3.07. The van der Waals surface area contributed by atoms with Crippen LogP contribution in [0.15, 0.2) is 59.8 Å². The van der Waals surface area contributed by atoms with Gasteiger partial charge in [0.1, 0.15) is 11.3 Å². The number of nitrogens with zero attached hydrogens (tertiary/aromatic N) is 5. The van der Waals surface area contributed by atoms with Gasteiger partial charge < -0.3 is 10.5 Å². The van der Waals surface area contributed by atoms with Crippen molar-refractivity contribution in [1.82, 2.24) is 24.3 Å². The first kappa shape index (κ1) is 23.2. The number of aryl methyl sites for hydroxylation is 1. The molecule has 13 heteroatoms. The number of anilines is 1. The molecule has 8 nitrogen and oxygen atoms in total. The van der Waals surface area contributed by atoms with Crippen LogP contribution in [-0.2, 0) is 13.2 Å². The first-order valence-electron chi connectivity index (χ1n) is 10.3. The molecule has 0 aliphatic carbocycles. The molecule has 0 aliphatic rings. The molecular formula is C23H15F5N6O2. The maximum atomic E-state index is 13.7. The number of ether oxygens (including phenoxy) is 1. The fourth-order valence-corrected chi connectivity index (χ4v) is 3.92. The lowest BCUT2D eigenvalue weighted by Crippen LogP contribution is -2.23. The zero-order chi connectivity index (χ0) is 25.8. The van der Waals surface area contributed by atoms with Crippen LogP contribution in [0, 0.1) is 0 Å². The second-order valence-corrected chi connectivity index (χ2v) is 7.83. The van der Waals surface area contributed by atoms with Crippen molar-refractivity contribution in [3.8, 4) is 22.6 Å². The second-order valence-electron chi connectivity index (χ2n) is 7.83. The van der Waals surface area contributed by atoms with Crippen molar-refractivity contribution in [3.63, 3.8) is 0 Å². The van der Waals surface area contributed by atoms with Crippen LogP contribution in [-0.4, -0.2) is 30.9 Å². The zero-order valence-corrected chi connectivity index (χ0v) is 18.3. The normalized spacial score (nSPS) is 12.1. The minimum Gasteiger partial charge on any atom is -0.435 e. The third-order valence-corrected chi connectivity index (χ3v) is 5.46. The average Bonchev–Trinajstić information content (AvgIpc) is 3.18. The minimum absolute atomic E-state index is 0.0408. The van der Waals surface area contributed by atoms with E-state index < -0.39 is 23.9 Å². The number of nitrogen functional groups attached to an aromatic ring is 1. The van der Waals surface area contributed by atoms with E-state index in [0.29, 0.717) is 22.8 Å². The van der Waals surface area contributed by atoms with E-state index in [9.17, 15) is 26.7 Å². The summed E-state index contributed by atoms with van der Waals surface area (Å²) < 4.78 is 72.3. The average molecular weight is 502 g/mol. The maximum Gasteiger partial charge on any atom is 0.417 e. The van der Waals surface area contributed by atoms with Crippen LogP contribution >= 0.6 is 0 Å². The third-order valence-electron chi connectivity index (χ3n) is 5.46. The van der Waals surface area contributed by atoms with Crippen LogP contribution in [0.25, 0.3) is 38.9 Å². The molecule has 1 aromatic carbocycles. The van der Waals surface area contributed by atoms with Gasteiger partial charge >= 0.3 is 12.8 Å². The highest BCUT2D eigenvalue weighted by atomic mass is 19.4. The second kappa shape index (κ2) is 8.29. The van der Waals surface area contributed by atoms with E-state index in [-0.39, 0.29) is 33.7 Å². The van der Waals surface area contributed by atoms with Gasteiger partial charge in [-0.25, -0.2) is 4.98 Å². The molecule has 5 aromatic rings. The quantitative estimate of drug-likeness (QED) is 0.363. The fraction of sp³-hybridized carbons (Fsp3) is 0.130. The molecule has 0 atom stereocenters. The van der Waals surface area contributed by atoms with Crippen LogP contribution in [0.2, 0.25) is 0 Å². The van der Waals surface area contributed by atoms with Gasteiger partial charge in [-0.3, -0.25) is 19.0 Å². The van der Waals surface area contributed by atoms with Gasteiger partial charge in [-0.05, 0) is 36.4 Å². The largest absolute Gasteiger partial charge is 0.435 e. The predicted molar refractivity (Wildman–Crippen MR) is 121 cm³/mol. The third kappa shape index (κ3) is 3.97. The summed E-state index contributed by atoms with van der Waals surface area (Å²) in [7, 11) is 1.70. The standard InChI is InChI=1S/C23H15F5N6O2/c1-33-10-12-6-11(8-31-20(12)32-33)17-18(29)19-16(7-13(9-30-19)23(26,27)28)34(21(17)35)14-2-4-15(5-3-14)36-22(24)25/h2-10,22H,29H2,1H3. The van der Waals surface area contributed by atoms with E-state index in [4.69, 9.17) is 5.73 Å². The van der Waals surface area contributed by atoms with Crippen LogP contribution in [0.4, 0.5) is 27.6 Å². The molecule has 184 valence electrons. The number of hydrogen-bond acceptors (Lipinski definition) is 6. The Balaban J connectivity index is 1.81. The SMILES string of the molecule is Cn1cc2cc(-c3c(N)c4ncc(C(F)(F)F)cc4n(-c4ccc(OC(F)F)cc4)c3=O)cnc2n1. The Morgan fingerprint density at radius 1 is 1.06 bits per heavy atom. The van der Waals surface area contributed by atoms with Crippen LogP contribution in [0.5, 0.6) is 5.75 Å². The van der Waals surface area contributed by atoms with E-state index >= 15 is 0 Å². The summed E-state index contributed by atoms with van der Waals surface area (Å²) in [6, 6.07) is 7.25. The zero-order valence-electron chi connectivity index (χ0n) is 18.3. The molecule has 0 radical (unpaired) electrons. The lowest BCUT2D eigenvalue weighted by atomic mass is 10.0. The topological polar surface area (TPSA) is 101 Å². The van der Waals surface area contributed by atoms with Gasteiger partial charge in [-0.2, -0.15) is 27.1 Å². The van der Waals surface area contributed by atoms with Crippen molar-refractivity contribution in [3.05, 3.63) is 70.9 Å². The molecule has 0 amide bonds. The number of nitrogens with two attached hydrogens (primary N) is 1. The van der Waals surface area contributed by atoms with E-state index in [1.807, 2.05) is 0 Å². The van der Waals surface area contributed by atoms with Crippen LogP contribution < -0.4 is 16.0 Å². The summed E-state index contributed by atoms with van der Waals surface area (Å²) in [5.74, 6) is -0.192. The Labute approximate surface area is 198 Å². The number of pyridine rings is 3. The van der Waals surface area contributed by atoms with Crippen molar-refractivity contribution in [2.75, 3.05) is 5.73 Å². The molecule has 0 saturated carbocycles. The Morgan fingerprint density at radius 3 is 2.44 bits per heavy atom. The van der Waals surface area contributed by atoms with Crippen LogP contribution in [0.1, 0.15) is 5.56 Å². The number of hydrogen-bond donors (Lipinski definition) is 1. The highest BCUT2D eigenvalue weighted by Crippen LogP contribution is 2.35. The summed E-state index contributed by atoms with van der Waals surface area (Å²) >= 11 is 0. The van der Waals surface area contributed by atoms with Crippen molar-refractivity contribution in [2.45, 2.75) is 12.8 Å². The highest BCUT2D eigenvalue weighted by Gasteiger charge is 2.32. The van der Waals surface area contributed by atoms with Gasteiger partial charge in [0.25, 0.3) is 5.56 Å². The number of benzene rings is 1. The summed E-state index contributed by atoms with van der Waals surface area (Å²) in [5, 5.41) is 4.78. The number of rotatable bonds is 4. The van der Waals surface area contributed by atoms with E-state index in [0.717, 1.165) is 10.6 Å². The van der Waals surface area contributed by atoms with Crippen molar-refractivity contribution < 1.29 is 26.7 Å². The first-order valence-corrected chi connectivity index (χ1v) is 10.3. The Kier molecular flexibility index (Phi) is 5.34. The Hall–Kier alpha value is -4.55. The molecular weight excluding hydrogens is 487 g/mol. The van der Waals surface area contributed by atoms with E-state index in [1.165, 1.54) is 35.1 Å². The summed E-state index contributed by atoms with van der Waals surface area (Å²) in [5.41, 5.74) is 4.79. The fourth-order valence-electron chi connectivity index (χ4n) is 3.92. The smallest absolute Gasteiger partial charge is 0.417 e. The van der Waals surface area contributed by atoms with E-state index in [2.05, 4.69) is 19.8 Å². The minimum atomic E-state index is -4.74. The molecule has 0 fully saturated rings. The van der Waals surface area contributed by atoms with Gasteiger partial charge in [0.2, 0.25) is 0 Å². The van der Waals surface area contributed by atoms with Gasteiger partial charge in [0, 0.05) is 42.3 Å². The molecule has 0 spiro atoms. The number of alkyl halides is 5. The van der Waals surface area contributed by atoms with Gasteiger partial charge in [0.05, 0.1) is 22.3 Å². The summed E-state index contributed by atoms with van der Waals surface area (Å²) in [6.07, 6.45) is -1.06. The van der Waals surface area contributed by atoms with Crippen LogP contribution in [0.3, 0.4) is 0 Å². The lowest BCUT2D eigenvalue weighted by Gasteiger charge is -2.17. The number of halogens is 5. The molecule has 0 unspecified atom stereocenters. The first-order chi connectivity index (χ1) is 17.0. The van der Waals surface area contributed by atoms with E-state index in [1.54, 1.807) is 19.3 Å². The van der Waals surface area contributed by atoms with Crippen molar-refractivity contribution in [1.29, 1.82) is 0 Å². The maximum absolute atomic E-state index is 13.7. The molecule has 0 saturated heterocycles. The monoisotopic (exact) mass is 502 g/mol. The highest BCUT2D eigenvalue weighted by molar-refractivity contribution is 5.97.